The minimum Gasteiger partial charge on any atom is -0.482 e. The quantitative estimate of drug-likeness (QED) is 0.483. The summed E-state index contributed by atoms with van der Waals surface area (Å²) in [5.74, 6) is -1.20. The molecule has 2 aromatic carbocycles. The number of carbonyl (C=O) groups is 2. The second-order valence-electron chi connectivity index (χ2n) is 4.83. The van der Waals surface area contributed by atoms with Gasteiger partial charge in [0.05, 0.1) is 5.02 Å². The van der Waals surface area contributed by atoms with Crippen molar-refractivity contribution in [1.29, 1.82) is 0 Å². The molecule has 0 unspecified atom stereocenters. The molecule has 0 saturated carbocycles. The van der Waals surface area contributed by atoms with E-state index in [9.17, 15) is 14.0 Å². The highest BCUT2D eigenvalue weighted by Crippen LogP contribution is 2.27. The fraction of sp³-hybridized carbons (Fsp3) is 0.0625. The Labute approximate surface area is 167 Å². The van der Waals surface area contributed by atoms with Gasteiger partial charge < -0.3 is 4.74 Å². The van der Waals surface area contributed by atoms with Crippen molar-refractivity contribution in [1.82, 2.24) is 16.2 Å². The first-order valence-electron chi connectivity index (χ1n) is 7.09. The summed E-state index contributed by atoms with van der Waals surface area (Å²) in [6, 6.07) is 9.88. The van der Waals surface area contributed by atoms with Gasteiger partial charge in [0.25, 0.3) is 11.8 Å². The van der Waals surface area contributed by atoms with E-state index in [4.69, 9.17) is 28.6 Å². The van der Waals surface area contributed by atoms with Crippen molar-refractivity contribution in [3.8, 4) is 5.75 Å². The Morgan fingerprint density at radius 2 is 1.85 bits per heavy atom. The van der Waals surface area contributed by atoms with Crippen molar-refractivity contribution in [3.05, 3.63) is 63.3 Å². The number of rotatable bonds is 4. The van der Waals surface area contributed by atoms with Gasteiger partial charge in [-0.25, -0.2) is 4.39 Å². The van der Waals surface area contributed by atoms with E-state index in [0.717, 1.165) is 16.6 Å². The van der Waals surface area contributed by atoms with Crippen molar-refractivity contribution in [2.45, 2.75) is 0 Å². The van der Waals surface area contributed by atoms with Crippen LogP contribution in [0.5, 0.6) is 5.75 Å². The number of nitrogens with one attached hydrogen (secondary N) is 3. The van der Waals surface area contributed by atoms with E-state index in [2.05, 4.69) is 32.1 Å². The third kappa shape index (κ3) is 6.25. The third-order valence-corrected chi connectivity index (χ3v) is 3.89. The molecule has 0 aliphatic heterocycles. The molecule has 0 heterocycles. The lowest BCUT2D eigenvalue weighted by molar-refractivity contribution is -0.123. The number of hydrazine groups is 1. The number of hydrogen-bond acceptors (Lipinski definition) is 4. The van der Waals surface area contributed by atoms with Gasteiger partial charge in [-0.15, -0.1) is 0 Å². The Morgan fingerprint density at radius 3 is 2.50 bits per heavy atom. The maximum atomic E-state index is 12.8. The van der Waals surface area contributed by atoms with Crippen molar-refractivity contribution >= 4 is 56.7 Å². The molecule has 26 heavy (non-hydrogen) atoms. The molecule has 0 bridgehead atoms. The molecule has 0 fully saturated rings. The van der Waals surface area contributed by atoms with Gasteiger partial charge in [-0.3, -0.25) is 25.8 Å². The van der Waals surface area contributed by atoms with E-state index in [1.807, 2.05) is 0 Å². The number of ether oxygens (including phenoxy) is 1. The molecule has 0 saturated heterocycles. The molecule has 2 aromatic rings. The largest absolute Gasteiger partial charge is 0.482 e. The molecule has 0 spiro atoms. The van der Waals surface area contributed by atoms with Gasteiger partial charge >= 0.3 is 0 Å². The fourth-order valence-electron chi connectivity index (χ4n) is 1.71. The van der Waals surface area contributed by atoms with Crippen LogP contribution in [0.25, 0.3) is 0 Å². The Kier molecular flexibility index (Phi) is 7.31. The van der Waals surface area contributed by atoms with Gasteiger partial charge in [0.1, 0.15) is 11.6 Å². The molecule has 0 aliphatic rings. The lowest BCUT2D eigenvalue weighted by Crippen LogP contribution is -2.49. The predicted octanol–water partition coefficient (Wildman–Crippen LogP) is 2.96. The molecule has 3 N–H and O–H groups in total. The first-order chi connectivity index (χ1) is 12.3. The second-order valence-corrected chi connectivity index (χ2v) is 6.56. The minimum atomic E-state index is -0.547. The molecule has 136 valence electrons. The summed E-state index contributed by atoms with van der Waals surface area (Å²) in [6.07, 6.45) is 0. The fourth-order valence-corrected chi connectivity index (χ4v) is 2.58. The van der Waals surface area contributed by atoms with Crippen LogP contribution in [0.3, 0.4) is 0 Å². The maximum Gasteiger partial charge on any atom is 0.276 e. The van der Waals surface area contributed by atoms with Gasteiger partial charge in [0.2, 0.25) is 0 Å². The standard InChI is InChI=1S/C16H12BrClFN3O3S/c17-10-3-6-13(12(18)7-10)25-8-14(23)21-22-16(26)20-15(24)9-1-4-11(19)5-2-9/h1-7H,8H2,(H,21,23)(H2,20,22,24,26). The van der Waals surface area contributed by atoms with Crippen LogP contribution in [0, 0.1) is 5.82 Å². The minimum absolute atomic E-state index is 0.130. The Hall–Kier alpha value is -2.23. The van der Waals surface area contributed by atoms with Crippen LogP contribution in [0.15, 0.2) is 46.9 Å². The van der Waals surface area contributed by atoms with Crippen molar-refractivity contribution < 1.29 is 18.7 Å². The lowest BCUT2D eigenvalue weighted by atomic mass is 10.2. The van der Waals surface area contributed by atoms with Crippen LogP contribution in [-0.4, -0.2) is 23.5 Å². The number of benzene rings is 2. The van der Waals surface area contributed by atoms with Crippen molar-refractivity contribution in [2.75, 3.05) is 6.61 Å². The SMILES string of the molecule is O=C(COc1ccc(Br)cc1Cl)NNC(=S)NC(=O)c1ccc(F)cc1. The van der Waals surface area contributed by atoms with E-state index in [1.54, 1.807) is 18.2 Å². The Bertz CT molecular complexity index is 836. The predicted molar refractivity (Wildman–Crippen MR) is 102 cm³/mol. The number of amides is 2. The van der Waals surface area contributed by atoms with Crippen LogP contribution < -0.4 is 20.9 Å². The van der Waals surface area contributed by atoms with E-state index >= 15 is 0 Å². The molecular formula is C16H12BrClFN3O3S. The summed E-state index contributed by atoms with van der Waals surface area (Å²) in [5, 5.41) is 2.56. The summed E-state index contributed by atoms with van der Waals surface area (Å²) in [7, 11) is 0. The monoisotopic (exact) mass is 459 g/mol. The second kappa shape index (κ2) is 9.46. The van der Waals surface area contributed by atoms with Crippen LogP contribution in [0.4, 0.5) is 4.39 Å². The van der Waals surface area contributed by atoms with Gasteiger partial charge in [-0.2, -0.15) is 0 Å². The molecule has 0 aliphatic carbocycles. The van der Waals surface area contributed by atoms with E-state index in [0.29, 0.717) is 10.8 Å². The van der Waals surface area contributed by atoms with Crippen molar-refractivity contribution in [3.63, 3.8) is 0 Å². The van der Waals surface area contributed by atoms with Gasteiger partial charge in [0.15, 0.2) is 11.7 Å². The molecule has 2 amide bonds. The summed E-state index contributed by atoms with van der Waals surface area (Å²) in [4.78, 5) is 23.6. The molecule has 0 atom stereocenters. The van der Waals surface area contributed by atoms with Crippen LogP contribution in [0.1, 0.15) is 10.4 Å². The number of hydrogen-bond donors (Lipinski definition) is 3. The maximum absolute atomic E-state index is 12.8. The third-order valence-electron chi connectivity index (χ3n) is 2.90. The zero-order valence-electron chi connectivity index (χ0n) is 13.0. The van der Waals surface area contributed by atoms with E-state index in [1.165, 1.54) is 12.1 Å². The summed E-state index contributed by atoms with van der Waals surface area (Å²) < 4.78 is 18.9. The van der Waals surface area contributed by atoms with Gasteiger partial charge in [-0.05, 0) is 54.7 Å². The van der Waals surface area contributed by atoms with Crippen LogP contribution in [-0.2, 0) is 4.79 Å². The van der Waals surface area contributed by atoms with E-state index in [-0.39, 0.29) is 17.3 Å². The lowest BCUT2D eigenvalue weighted by Gasteiger charge is -2.12. The summed E-state index contributed by atoms with van der Waals surface area (Å²) >= 11 is 14.1. The first-order valence-corrected chi connectivity index (χ1v) is 8.66. The number of thiocarbonyl (C=S) groups is 1. The Morgan fingerprint density at radius 1 is 1.15 bits per heavy atom. The highest BCUT2D eigenvalue weighted by Gasteiger charge is 2.10. The summed E-state index contributed by atoms with van der Waals surface area (Å²) in [5.41, 5.74) is 4.84. The zero-order chi connectivity index (χ0) is 19.1. The molecule has 2 rings (SSSR count). The molecule has 0 radical (unpaired) electrons. The molecule has 6 nitrogen and oxygen atoms in total. The average Bonchev–Trinajstić information content (AvgIpc) is 2.59. The Balaban J connectivity index is 1.75. The normalized spacial score (nSPS) is 9.96. The van der Waals surface area contributed by atoms with E-state index < -0.39 is 17.6 Å². The topological polar surface area (TPSA) is 79.5 Å². The zero-order valence-corrected chi connectivity index (χ0v) is 16.2. The van der Waals surface area contributed by atoms with Gasteiger partial charge in [-0.1, -0.05) is 27.5 Å². The number of carbonyl (C=O) groups excluding carboxylic acids is 2. The van der Waals surface area contributed by atoms with Crippen LogP contribution in [0.2, 0.25) is 5.02 Å². The molecular weight excluding hydrogens is 449 g/mol. The molecule has 0 aromatic heterocycles. The first kappa shape index (κ1) is 20.1. The van der Waals surface area contributed by atoms with Crippen LogP contribution >= 0.6 is 39.7 Å². The highest BCUT2D eigenvalue weighted by molar-refractivity contribution is 9.10. The smallest absolute Gasteiger partial charge is 0.276 e. The molecule has 10 heteroatoms. The number of halogens is 3. The van der Waals surface area contributed by atoms with Gasteiger partial charge in [0, 0.05) is 10.0 Å². The summed E-state index contributed by atoms with van der Waals surface area (Å²) in [6.45, 7) is -0.317. The average molecular weight is 461 g/mol. The van der Waals surface area contributed by atoms with Crippen molar-refractivity contribution in [2.24, 2.45) is 0 Å². The highest BCUT2D eigenvalue weighted by atomic mass is 79.9.